The summed E-state index contributed by atoms with van der Waals surface area (Å²) < 4.78 is 16.8. The van der Waals surface area contributed by atoms with E-state index >= 15 is 0 Å². The van der Waals surface area contributed by atoms with Crippen molar-refractivity contribution in [2.45, 2.75) is 11.8 Å². The Morgan fingerprint density at radius 2 is 1.80 bits per heavy atom. The molecular weight excluding hydrogens is 272 g/mol. The predicted octanol–water partition coefficient (Wildman–Crippen LogP) is 2.96. The van der Waals surface area contributed by atoms with Gasteiger partial charge in [-0.15, -0.1) is 0 Å². The lowest BCUT2D eigenvalue weighted by molar-refractivity contribution is 0.374. The van der Waals surface area contributed by atoms with E-state index in [-0.39, 0.29) is 5.71 Å². The van der Waals surface area contributed by atoms with Gasteiger partial charge >= 0.3 is 0 Å². The molecule has 1 atom stereocenters. The molecule has 0 heterocycles. The number of nitriles is 1. The van der Waals surface area contributed by atoms with E-state index in [1.807, 2.05) is 31.2 Å². The quantitative estimate of drug-likeness (QED) is 0.640. The Balaban J connectivity index is 2.13. The summed E-state index contributed by atoms with van der Waals surface area (Å²) in [6, 6.07) is 17.9. The van der Waals surface area contributed by atoms with Gasteiger partial charge in [-0.05, 0) is 19.1 Å². The zero-order chi connectivity index (χ0) is 14.4. The normalized spacial score (nSPS) is 12.5. The minimum absolute atomic E-state index is 0.0889. The minimum Gasteiger partial charge on any atom is -0.286 e. The summed E-state index contributed by atoms with van der Waals surface area (Å²) in [6.07, 6.45) is 0. The molecule has 0 aromatic heterocycles. The predicted molar refractivity (Wildman–Crippen MR) is 77.3 cm³/mol. The van der Waals surface area contributed by atoms with Gasteiger partial charge in [0.15, 0.2) is 5.71 Å². The first-order valence-electron chi connectivity index (χ1n) is 5.90. The second-order valence-corrected chi connectivity index (χ2v) is 5.13. The van der Waals surface area contributed by atoms with Crippen LogP contribution in [0.3, 0.4) is 0 Å². The lowest BCUT2D eigenvalue weighted by atomic mass is 10.1. The maximum absolute atomic E-state index is 11.9. The SMILES string of the molecule is Cc1ccc(S(=O)O/N=C(\C#N)c2ccccc2)cc1. The summed E-state index contributed by atoms with van der Waals surface area (Å²) in [6.45, 7) is 1.94. The molecule has 0 spiro atoms. The van der Waals surface area contributed by atoms with Crippen LogP contribution in [0.4, 0.5) is 0 Å². The number of aryl methyl sites for hydroxylation is 1. The number of nitrogens with zero attached hydrogens (tertiary/aromatic N) is 2. The second kappa shape index (κ2) is 6.64. The van der Waals surface area contributed by atoms with Crippen LogP contribution in [0.15, 0.2) is 64.6 Å². The molecule has 0 N–H and O–H groups in total. The maximum Gasteiger partial charge on any atom is 0.265 e. The van der Waals surface area contributed by atoms with Crippen LogP contribution in [0.2, 0.25) is 0 Å². The lowest BCUT2D eigenvalue weighted by Crippen LogP contribution is -2.00. The van der Waals surface area contributed by atoms with Gasteiger partial charge in [0.2, 0.25) is 0 Å². The standard InChI is InChI=1S/C15H12N2O2S/c1-12-7-9-14(10-8-12)20(18)19-17-15(11-16)13-5-3-2-4-6-13/h2-10H,1H3/b17-15+. The number of oxime groups is 1. The van der Waals surface area contributed by atoms with Gasteiger partial charge in [-0.3, -0.25) is 4.28 Å². The van der Waals surface area contributed by atoms with Gasteiger partial charge in [0.05, 0.1) is 4.90 Å². The Hall–Kier alpha value is -2.45. The van der Waals surface area contributed by atoms with Crippen LogP contribution >= 0.6 is 0 Å². The third-order valence-corrected chi connectivity index (χ3v) is 3.43. The van der Waals surface area contributed by atoms with Gasteiger partial charge in [-0.1, -0.05) is 53.2 Å². The molecule has 2 aromatic carbocycles. The van der Waals surface area contributed by atoms with Crippen LogP contribution in [-0.2, 0) is 15.4 Å². The highest BCUT2D eigenvalue weighted by Crippen LogP contribution is 2.10. The summed E-state index contributed by atoms with van der Waals surface area (Å²) >= 11 is -1.73. The molecule has 0 radical (unpaired) electrons. The van der Waals surface area contributed by atoms with E-state index < -0.39 is 11.1 Å². The fourth-order valence-electron chi connectivity index (χ4n) is 1.50. The van der Waals surface area contributed by atoms with Gasteiger partial charge in [0, 0.05) is 5.56 Å². The Labute approximate surface area is 120 Å². The van der Waals surface area contributed by atoms with Crippen molar-refractivity contribution in [2.75, 3.05) is 0 Å². The third kappa shape index (κ3) is 3.53. The molecule has 0 saturated carbocycles. The molecule has 0 aliphatic rings. The van der Waals surface area contributed by atoms with E-state index in [9.17, 15) is 4.21 Å². The highest BCUT2D eigenvalue weighted by Gasteiger charge is 2.07. The third-order valence-electron chi connectivity index (χ3n) is 2.56. The zero-order valence-corrected chi connectivity index (χ0v) is 11.6. The number of hydrogen-bond acceptors (Lipinski definition) is 4. The van der Waals surface area contributed by atoms with Crippen molar-refractivity contribution in [1.82, 2.24) is 0 Å². The van der Waals surface area contributed by atoms with Crippen molar-refractivity contribution in [1.29, 1.82) is 5.26 Å². The second-order valence-electron chi connectivity index (χ2n) is 4.04. The van der Waals surface area contributed by atoms with Crippen molar-refractivity contribution >= 4 is 16.8 Å². The largest absolute Gasteiger partial charge is 0.286 e. The fraction of sp³-hybridized carbons (Fsp3) is 0.0667. The summed E-state index contributed by atoms with van der Waals surface area (Å²) in [5.41, 5.74) is 1.78. The molecule has 1 unspecified atom stereocenters. The van der Waals surface area contributed by atoms with E-state index in [4.69, 9.17) is 9.55 Å². The Morgan fingerprint density at radius 3 is 2.40 bits per heavy atom. The van der Waals surface area contributed by atoms with E-state index in [0.717, 1.165) is 5.56 Å². The zero-order valence-electron chi connectivity index (χ0n) is 10.8. The lowest BCUT2D eigenvalue weighted by Gasteiger charge is -2.00. The summed E-state index contributed by atoms with van der Waals surface area (Å²) in [4.78, 5) is 0.504. The first-order valence-corrected chi connectivity index (χ1v) is 6.97. The van der Waals surface area contributed by atoms with Crippen molar-refractivity contribution in [3.05, 3.63) is 65.7 Å². The molecule has 0 aliphatic carbocycles. The van der Waals surface area contributed by atoms with Crippen molar-refractivity contribution in [3.63, 3.8) is 0 Å². The molecule has 0 amide bonds. The molecule has 4 nitrogen and oxygen atoms in total. The molecule has 0 saturated heterocycles. The average molecular weight is 284 g/mol. The molecule has 2 aromatic rings. The van der Waals surface area contributed by atoms with Crippen LogP contribution in [-0.4, -0.2) is 9.92 Å². The van der Waals surface area contributed by atoms with Crippen LogP contribution in [0.1, 0.15) is 11.1 Å². The molecule has 0 bridgehead atoms. The first kappa shape index (κ1) is 14.0. The Morgan fingerprint density at radius 1 is 1.15 bits per heavy atom. The molecule has 2 rings (SSSR count). The topological polar surface area (TPSA) is 62.4 Å². The average Bonchev–Trinajstić information content (AvgIpc) is 2.49. The van der Waals surface area contributed by atoms with E-state index in [1.165, 1.54) is 0 Å². The fourth-order valence-corrected chi connectivity index (χ4v) is 2.08. The summed E-state index contributed by atoms with van der Waals surface area (Å²) in [5.74, 6) is 0. The number of rotatable bonds is 4. The van der Waals surface area contributed by atoms with E-state index in [2.05, 4.69) is 5.16 Å². The molecule has 20 heavy (non-hydrogen) atoms. The first-order chi connectivity index (χ1) is 9.70. The highest BCUT2D eigenvalue weighted by atomic mass is 32.2. The van der Waals surface area contributed by atoms with Crippen LogP contribution < -0.4 is 0 Å². The highest BCUT2D eigenvalue weighted by molar-refractivity contribution is 7.80. The molecule has 0 fully saturated rings. The molecule has 0 aliphatic heterocycles. The maximum atomic E-state index is 11.9. The summed E-state index contributed by atoms with van der Waals surface area (Å²) in [7, 11) is 0. The molecular formula is C15H12N2O2S. The van der Waals surface area contributed by atoms with E-state index in [0.29, 0.717) is 10.5 Å². The van der Waals surface area contributed by atoms with Crippen molar-refractivity contribution in [3.8, 4) is 6.07 Å². The molecule has 100 valence electrons. The monoisotopic (exact) mass is 284 g/mol. The van der Waals surface area contributed by atoms with Gasteiger partial charge in [0.1, 0.15) is 6.07 Å². The van der Waals surface area contributed by atoms with Crippen LogP contribution in [0.25, 0.3) is 0 Å². The van der Waals surface area contributed by atoms with Gasteiger partial charge in [-0.2, -0.15) is 5.26 Å². The minimum atomic E-state index is -1.73. The number of hydrogen-bond donors (Lipinski definition) is 0. The Bertz CT molecular complexity index is 673. The molecule has 5 heteroatoms. The smallest absolute Gasteiger partial charge is 0.265 e. The van der Waals surface area contributed by atoms with Crippen molar-refractivity contribution in [2.24, 2.45) is 5.16 Å². The van der Waals surface area contributed by atoms with E-state index in [1.54, 1.807) is 36.4 Å². The van der Waals surface area contributed by atoms with Crippen molar-refractivity contribution < 1.29 is 8.49 Å². The Kier molecular flexibility index (Phi) is 4.64. The number of benzene rings is 2. The van der Waals surface area contributed by atoms with Gasteiger partial charge < -0.3 is 0 Å². The van der Waals surface area contributed by atoms with Gasteiger partial charge in [-0.25, -0.2) is 4.21 Å². The van der Waals surface area contributed by atoms with Gasteiger partial charge in [0.25, 0.3) is 11.1 Å². The van der Waals surface area contributed by atoms with Crippen LogP contribution in [0, 0.1) is 18.3 Å². The summed E-state index contributed by atoms with van der Waals surface area (Å²) in [5, 5.41) is 12.7. The van der Waals surface area contributed by atoms with Crippen LogP contribution in [0.5, 0.6) is 0 Å².